The summed E-state index contributed by atoms with van der Waals surface area (Å²) in [5, 5.41) is 2.10. The number of nitrogens with zero attached hydrogens (tertiary/aromatic N) is 1. The Labute approximate surface area is 206 Å². The van der Waals surface area contributed by atoms with Gasteiger partial charge >= 0.3 is 0 Å². The van der Waals surface area contributed by atoms with Crippen LogP contribution >= 0.6 is 47.1 Å². The number of halogens is 2. The van der Waals surface area contributed by atoms with Gasteiger partial charge < -0.3 is 9.71 Å². The van der Waals surface area contributed by atoms with Gasteiger partial charge in [-0.05, 0) is 104 Å². The first kappa shape index (κ1) is 22.0. The Hall–Kier alpha value is -1.83. The van der Waals surface area contributed by atoms with Gasteiger partial charge in [-0.1, -0.05) is 23.2 Å². The summed E-state index contributed by atoms with van der Waals surface area (Å²) in [6.45, 7) is 2.12. The molecule has 0 saturated heterocycles. The van der Waals surface area contributed by atoms with E-state index in [-0.39, 0.29) is 6.04 Å². The monoisotopic (exact) mass is 500 g/mol. The number of aryl methyl sites for hydroxylation is 1. The van der Waals surface area contributed by atoms with E-state index in [1.54, 1.807) is 30.1 Å². The number of hydrogen-bond donors (Lipinski definition) is 3. The van der Waals surface area contributed by atoms with Gasteiger partial charge in [0.15, 0.2) is 0 Å². The third-order valence-electron chi connectivity index (χ3n) is 5.49. The molecule has 2 heterocycles. The van der Waals surface area contributed by atoms with Gasteiger partial charge in [-0.15, -0.1) is 0 Å². The number of pyridine rings is 1. The maximum atomic E-state index is 6.28. The van der Waals surface area contributed by atoms with E-state index < -0.39 is 0 Å². The third kappa shape index (κ3) is 4.90. The zero-order chi connectivity index (χ0) is 22.1. The van der Waals surface area contributed by atoms with Crippen molar-refractivity contribution in [3.05, 3.63) is 82.2 Å². The van der Waals surface area contributed by atoms with Gasteiger partial charge in [0.1, 0.15) is 0 Å². The molecule has 2 aromatic carbocycles. The molecule has 1 unspecified atom stereocenters. The number of aromatic amines is 1. The number of fused-ring (bicyclic) bond motifs is 1. The van der Waals surface area contributed by atoms with E-state index >= 15 is 0 Å². The van der Waals surface area contributed by atoms with Crippen LogP contribution in [0.5, 0.6) is 0 Å². The number of anilines is 1. The fraction of sp³-hybridized carbons (Fsp3) is 0.208. The Bertz CT molecular complexity index is 1240. The lowest BCUT2D eigenvalue weighted by atomic mass is 10.1. The molecule has 5 rings (SSSR count). The summed E-state index contributed by atoms with van der Waals surface area (Å²) in [4.78, 5) is 10.1. The van der Waals surface area contributed by atoms with E-state index in [0.29, 0.717) is 16.0 Å². The minimum Gasteiger partial charge on any atom is -0.358 e. The van der Waals surface area contributed by atoms with E-state index in [2.05, 4.69) is 56.7 Å². The van der Waals surface area contributed by atoms with Gasteiger partial charge in [-0.25, -0.2) is 0 Å². The van der Waals surface area contributed by atoms with Gasteiger partial charge in [0, 0.05) is 27.6 Å². The second kappa shape index (κ2) is 9.57. The summed E-state index contributed by atoms with van der Waals surface area (Å²) in [6.07, 6.45) is 6.19. The highest BCUT2D eigenvalue weighted by atomic mass is 35.5. The van der Waals surface area contributed by atoms with Crippen LogP contribution in [-0.4, -0.2) is 9.97 Å². The number of benzene rings is 2. The Morgan fingerprint density at radius 1 is 1.00 bits per heavy atom. The fourth-order valence-corrected chi connectivity index (χ4v) is 5.71. The zero-order valence-corrected chi connectivity index (χ0v) is 20.5. The van der Waals surface area contributed by atoms with Crippen LogP contribution in [0, 0.1) is 12.8 Å². The number of aromatic nitrogens is 2. The maximum Gasteiger partial charge on any atom is 0.0728 e. The van der Waals surface area contributed by atoms with Crippen molar-refractivity contribution in [2.75, 3.05) is 4.72 Å². The van der Waals surface area contributed by atoms with Crippen molar-refractivity contribution in [3.63, 3.8) is 0 Å². The van der Waals surface area contributed by atoms with Crippen molar-refractivity contribution in [3.8, 4) is 0 Å². The highest BCUT2D eigenvalue weighted by molar-refractivity contribution is 8.00. The van der Waals surface area contributed by atoms with E-state index in [0.717, 1.165) is 27.2 Å². The second-order valence-electron chi connectivity index (χ2n) is 7.95. The Kier molecular flexibility index (Phi) is 6.58. The molecule has 1 saturated carbocycles. The number of nitrogens with one attached hydrogen (secondary N) is 3. The van der Waals surface area contributed by atoms with Crippen molar-refractivity contribution in [1.82, 2.24) is 14.7 Å². The van der Waals surface area contributed by atoms with Crippen LogP contribution in [0.1, 0.15) is 30.1 Å². The minimum absolute atomic E-state index is 0.288. The van der Waals surface area contributed by atoms with Crippen molar-refractivity contribution in [1.29, 1.82) is 0 Å². The first-order chi connectivity index (χ1) is 15.6. The van der Waals surface area contributed by atoms with Gasteiger partial charge in [0.25, 0.3) is 0 Å². The highest BCUT2D eigenvalue weighted by Crippen LogP contribution is 2.42. The molecule has 0 amide bonds. The Balaban J connectivity index is 1.22. The van der Waals surface area contributed by atoms with Gasteiger partial charge in [0.2, 0.25) is 0 Å². The van der Waals surface area contributed by atoms with E-state index in [1.807, 2.05) is 24.4 Å². The molecule has 0 spiro atoms. The first-order valence-corrected chi connectivity index (χ1v) is 12.8. The average molecular weight is 502 g/mol. The summed E-state index contributed by atoms with van der Waals surface area (Å²) in [5.41, 5.74) is 4.23. The third-order valence-corrected chi connectivity index (χ3v) is 7.81. The van der Waals surface area contributed by atoms with Crippen molar-refractivity contribution < 1.29 is 0 Å². The zero-order valence-electron chi connectivity index (χ0n) is 17.4. The molecule has 4 nitrogen and oxygen atoms in total. The SMILES string of the molecule is Cc1ccnc(C(NSc2ccc(SNc3ccc(Cl)c4c(Cl)c[nH]c34)cc2)C2CC2)c1. The number of rotatable bonds is 8. The molecule has 1 atom stereocenters. The van der Waals surface area contributed by atoms with E-state index in [1.165, 1.54) is 23.3 Å². The summed E-state index contributed by atoms with van der Waals surface area (Å²) in [5.74, 6) is 0.675. The van der Waals surface area contributed by atoms with Crippen LogP contribution < -0.4 is 9.44 Å². The normalized spacial score (nSPS) is 14.6. The largest absolute Gasteiger partial charge is 0.358 e. The minimum atomic E-state index is 0.288. The molecule has 0 aliphatic heterocycles. The quantitative estimate of drug-likeness (QED) is 0.213. The van der Waals surface area contributed by atoms with Crippen LogP contribution in [0.2, 0.25) is 10.0 Å². The lowest BCUT2D eigenvalue weighted by molar-refractivity contribution is 0.576. The topological polar surface area (TPSA) is 52.7 Å². The van der Waals surface area contributed by atoms with Crippen LogP contribution in [0.15, 0.2) is 70.7 Å². The molecule has 4 aromatic rings. The molecular formula is C24H22Cl2N4S2. The number of hydrogen-bond acceptors (Lipinski definition) is 5. The lowest BCUT2D eigenvalue weighted by Gasteiger charge is -2.17. The van der Waals surface area contributed by atoms with Crippen molar-refractivity contribution in [2.24, 2.45) is 5.92 Å². The first-order valence-electron chi connectivity index (χ1n) is 10.4. The van der Waals surface area contributed by atoms with Crippen LogP contribution in [0.25, 0.3) is 10.9 Å². The fourth-order valence-electron chi connectivity index (χ4n) is 3.63. The highest BCUT2D eigenvalue weighted by Gasteiger charge is 2.33. The number of H-pyrrole nitrogens is 1. The molecular weight excluding hydrogens is 479 g/mol. The molecule has 32 heavy (non-hydrogen) atoms. The standard InChI is InChI=1S/C24H22Cl2N4S2/c1-14-10-11-27-21(12-14)23(15-2-3-15)30-32-17-6-4-16(5-7-17)31-29-20-9-8-18(25)22-19(26)13-28-24(20)22/h4-13,15,23,28-30H,2-3H2,1H3. The molecule has 0 radical (unpaired) electrons. The van der Waals surface area contributed by atoms with Crippen molar-refractivity contribution >= 4 is 63.7 Å². The molecule has 2 aromatic heterocycles. The predicted molar refractivity (Wildman–Crippen MR) is 138 cm³/mol. The Morgan fingerprint density at radius 2 is 1.75 bits per heavy atom. The molecule has 3 N–H and O–H groups in total. The smallest absolute Gasteiger partial charge is 0.0728 e. The van der Waals surface area contributed by atoms with Crippen LogP contribution in [-0.2, 0) is 0 Å². The molecule has 8 heteroatoms. The molecule has 0 bridgehead atoms. The van der Waals surface area contributed by atoms with E-state index in [9.17, 15) is 0 Å². The lowest BCUT2D eigenvalue weighted by Crippen LogP contribution is -2.17. The molecule has 1 aliphatic carbocycles. The second-order valence-corrected chi connectivity index (χ2v) is 10.6. The van der Waals surface area contributed by atoms with Gasteiger partial charge in [-0.2, -0.15) is 0 Å². The van der Waals surface area contributed by atoms with Crippen LogP contribution in [0.4, 0.5) is 5.69 Å². The summed E-state index contributed by atoms with van der Waals surface area (Å²) < 4.78 is 7.05. The molecule has 1 fully saturated rings. The van der Waals surface area contributed by atoms with E-state index in [4.69, 9.17) is 23.2 Å². The average Bonchev–Trinajstić information content (AvgIpc) is 3.55. The molecule has 1 aliphatic rings. The summed E-state index contributed by atoms with van der Waals surface area (Å²) >= 11 is 15.8. The summed E-state index contributed by atoms with van der Waals surface area (Å²) in [7, 11) is 0. The van der Waals surface area contributed by atoms with Gasteiger partial charge in [-0.3, -0.25) is 9.71 Å². The Morgan fingerprint density at radius 3 is 2.47 bits per heavy atom. The maximum absolute atomic E-state index is 6.28. The molecule has 164 valence electrons. The summed E-state index contributed by atoms with van der Waals surface area (Å²) in [6, 6.07) is 16.8. The van der Waals surface area contributed by atoms with Crippen LogP contribution in [0.3, 0.4) is 0 Å². The van der Waals surface area contributed by atoms with Crippen molar-refractivity contribution in [2.45, 2.75) is 35.6 Å². The van der Waals surface area contributed by atoms with Gasteiger partial charge in [0.05, 0.1) is 33.0 Å². The predicted octanol–water partition coefficient (Wildman–Crippen LogP) is 8.05.